The number of hydrogen-bond acceptors (Lipinski definition) is 7. The summed E-state index contributed by atoms with van der Waals surface area (Å²) in [6.45, 7) is 3.56. The van der Waals surface area contributed by atoms with Gasteiger partial charge in [0.05, 0.1) is 6.04 Å². The van der Waals surface area contributed by atoms with Gasteiger partial charge in [-0.1, -0.05) is 64.8 Å². The van der Waals surface area contributed by atoms with Crippen LogP contribution in [0.4, 0.5) is 11.6 Å². The highest BCUT2D eigenvalue weighted by atomic mass is 35.5. The summed E-state index contributed by atoms with van der Waals surface area (Å²) >= 11 is 7.01. The lowest BCUT2D eigenvalue weighted by molar-refractivity contribution is 0.102. The second kappa shape index (κ2) is 9.59. The van der Waals surface area contributed by atoms with Gasteiger partial charge >= 0.3 is 0 Å². The van der Waals surface area contributed by atoms with Crippen LogP contribution in [0, 0.1) is 13.8 Å². The number of sulfonamides is 1. The second-order valence-electron chi connectivity index (χ2n) is 7.56. The molecular weight excluding hydrogens is 496 g/mol. The van der Waals surface area contributed by atoms with Crippen LogP contribution in [0.15, 0.2) is 69.4 Å². The number of aryl methyl sites for hydroxylation is 2. The van der Waals surface area contributed by atoms with Crippen molar-refractivity contribution in [2.24, 2.45) is 5.73 Å². The van der Waals surface area contributed by atoms with Crippen molar-refractivity contribution in [3.05, 3.63) is 92.3 Å². The Kier molecular flexibility index (Phi) is 6.76. The predicted octanol–water partition coefficient (Wildman–Crippen LogP) is 5.11. The molecule has 1 atom stereocenters. The number of nitrogens with zero attached hydrogens (tertiary/aromatic N) is 1. The van der Waals surface area contributed by atoms with Gasteiger partial charge in [0.15, 0.2) is 0 Å². The predicted molar refractivity (Wildman–Crippen MR) is 133 cm³/mol. The number of hydrogen-bond donors (Lipinski definition) is 3. The van der Waals surface area contributed by atoms with E-state index in [9.17, 15) is 13.2 Å². The van der Waals surface area contributed by atoms with Crippen LogP contribution in [0.3, 0.4) is 0 Å². The average molecular weight is 517 g/mol. The Labute approximate surface area is 205 Å². The molecule has 4 rings (SSSR count). The van der Waals surface area contributed by atoms with Crippen LogP contribution < -0.4 is 15.8 Å². The molecule has 0 bridgehead atoms. The quantitative estimate of drug-likeness (QED) is 0.313. The molecule has 4 aromatic rings. The fraction of sp³-hybridized carbons (Fsp3) is 0.130. The van der Waals surface area contributed by atoms with Gasteiger partial charge in [0.25, 0.3) is 21.8 Å². The molecular formula is C23H21ClN4O4S2. The first kappa shape index (κ1) is 24.0. The summed E-state index contributed by atoms with van der Waals surface area (Å²) in [4.78, 5) is 12.9. The van der Waals surface area contributed by atoms with Crippen LogP contribution in [0.5, 0.6) is 0 Å². The Hall–Kier alpha value is -3.18. The monoisotopic (exact) mass is 516 g/mol. The molecule has 34 heavy (non-hydrogen) atoms. The normalized spacial score (nSPS) is 12.4. The van der Waals surface area contributed by atoms with Crippen LogP contribution in [-0.4, -0.2) is 19.5 Å². The molecule has 1 amide bonds. The van der Waals surface area contributed by atoms with E-state index < -0.39 is 22.0 Å². The van der Waals surface area contributed by atoms with Crippen LogP contribution in [0.25, 0.3) is 0 Å². The maximum absolute atomic E-state index is 13.1. The summed E-state index contributed by atoms with van der Waals surface area (Å²) in [6, 6.07) is 15.8. The Morgan fingerprint density at radius 1 is 1.12 bits per heavy atom. The highest BCUT2D eigenvalue weighted by Crippen LogP contribution is 2.31. The summed E-state index contributed by atoms with van der Waals surface area (Å²) in [5.74, 6) is -0.801. The van der Waals surface area contributed by atoms with E-state index in [1.165, 1.54) is 11.4 Å². The third-order valence-electron chi connectivity index (χ3n) is 5.12. The van der Waals surface area contributed by atoms with E-state index in [1.54, 1.807) is 19.1 Å². The highest BCUT2D eigenvalue weighted by molar-refractivity contribution is 7.93. The van der Waals surface area contributed by atoms with Gasteiger partial charge in [-0.25, -0.2) is 13.1 Å². The number of rotatable bonds is 7. The first-order valence-electron chi connectivity index (χ1n) is 10.1. The molecule has 0 saturated heterocycles. The van der Waals surface area contributed by atoms with Crippen molar-refractivity contribution in [1.29, 1.82) is 0 Å². The van der Waals surface area contributed by atoms with Gasteiger partial charge in [-0.15, -0.1) is 11.3 Å². The number of nitrogens with one attached hydrogen (secondary N) is 2. The number of para-hydroxylation sites is 1. The third-order valence-corrected chi connectivity index (χ3v) is 7.98. The topological polar surface area (TPSA) is 127 Å². The van der Waals surface area contributed by atoms with Gasteiger partial charge in [0.1, 0.15) is 20.5 Å². The summed E-state index contributed by atoms with van der Waals surface area (Å²) in [5.41, 5.74) is 9.99. The fourth-order valence-corrected chi connectivity index (χ4v) is 5.78. The Morgan fingerprint density at radius 3 is 2.50 bits per heavy atom. The van der Waals surface area contributed by atoms with Gasteiger partial charge in [-0.2, -0.15) is 0 Å². The summed E-state index contributed by atoms with van der Waals surface area (Å²) in [5, 5.41) is 7.99. The van der Waals surface area contributed by atoms with Crippen LogP contribution in [0.1, 0.15) is 38.1 Å². The number of benzene rings is 2. The molecule has 0 aliphatic carbocycles. The maximum Gasteiger partial charge on any atom is 0.267 e. The molecule has 1 unspecified atom stereocenters. The average Bonchev–Trinajstić information content (AvgIpc) is 3.43. The Bertz CT molecular complexity index is 1450. The molecule has 0 aliphatic rings. The number of carbonyl (C=O) groups is 1. The smallest absolute Gasteiger partial charge is 0.267 e. The Balaban J connectivity index is 1.60. The SMILES string of the molecule is Cc1ccc(C(N)c2ccccc2NC(=O)c2sccc2S(=O)(=O)Nc2onc(C)c2Cl)cc1. The highest BCUT2D eigenvalue weighted by Gasteiger charge is 2.27. The summed E-state index contributed by atoms with van der Waals surface area (Å²) < 4.78 is 33.1. The van der Waals surface area contributed by atoms with E-state index in [1.807, 2.05) is 43.3 Å². The van der Waals surface area contributed by atoms with Gasteiger partial charge < -0.3 is 15.6 Å². The molecule has 4 N–H and O–H groups in total. The standard InChI is InChI=1S/C23H21ClN4O4S2/c1-13-7-9-15(10-8-13)20(25)16-5-3-4-6-17(16)26-22(29)21-18(11-12-33-21)34(30,31)28-23-19(24)14(2)27-32-23/h3-12,20,28H,25H2,1-2H3,(H,26,29). The molecule has 2 heterocycles. The number of anilines is 2. The molecule has 8 nitrogen and oxygen atoms in total. The molecule has 0 radical (unpaired) electrons. The lowest BCUT2D eigenvalue weighted by Crippen LogP contribution is -2.20. The van der Waals surface area contributed by atoms with E-state index in [2.05, 4.69) is 15.2 Å². The van der Waals surface area contributed by atoms with Crippen molar-refractivity contribution in [2.75, 3.05) is 10.0 Å². The zero-order valence-corrected chi connectivity index (χ0v) is 20.6. The minimum absolute atomic E-state index is 0.00132. The van der Waals surface area contributed by atoms with Crippen LogP contribution in [-0.2, 0) is 10.0 Å². The minimum atomic E-state index is -4.16. The Morgan fingerprint density at radius 2 is 1.82 bits per heavy atom. The first-order valence-corrected chi connectivity index (χ1v) is 12.9. The molecule has 176 valence electrons. The number of aromatic nitrogens is 1. The van der Waals surface area contributed by atoms with E-state index in [-0.39, 0.29) is 20.7 Å². The fourth-order valence-electron chi connectivity index (χ4n) is 3.29. The molecule has 2 aromatic heterocycles. The minimum Gasteiger partial charge on any atom is -0.336 e. The van der Waals surface area contributed by atoms with Crippen molar-refractivity contribution in [1.82, 2.24) is 5.16 Å². The van der Waals surface area contributed by atoms with Crippen LogP contribution in [0.2, 0.25) is 5.02 Å². The lowest BCUT2D eigenvalue weighted by Gasteiger charge is -2.18. The summed E-state index contributed by atoms with van der Waals surface area (Å²) in [6.07, 6.45) is 0. The number of amides is 1. The number of halogens is 1. The zero-order chi connectivity index (χ0) is 24.5. The molecule has 11 heteroatoms. The van der Waals surface area contributed by atoms with Crippen molar-refractivity contribution in [3.63, 3.8) is 0 Å². The van der Waals surface area contributed by atoms with Crippen molar-refractivity contribution in [2.45, 2.75) is 24.8 Å². The lowest BCUT2D eigenvalue weighted by atomic mass is 9.97. The van der Waals surface area contributed by atoms with Crippen molar-refractivity contribution < 1.29 is 17.7 Å². The zero-order valence-electron chi connectivity index (χ0n) is 18.2. The van der Waals surface area contributed by atoms with E-state index in [4.69, 9.17) is 21.9 Å². The van der Waals surface area contributed by atoms with Crippen LogP contribution >= 0.6 is 22.9 Å². The van der Waals surface area contributed by atoms with E-state index in [0.717, 1.165) is 22.5 Å². The van der Waals surface area contributed by atoms with Gasteiger partial charge in [-0.05, 0) is 42.5 Å². The number of nitrogens with two attached hydrogens (primary N) is 1. The van der Waals surface area contributed by atoms with Crippen molar-refractivity contribution in [3.8, 4) is 0 Å². The molecule has 2 aromatic carbocycles. The van der Waals surface area contributed by atoms with Gasteiger partial charge in [-0.3, -0.25) is 4.79 Å². The van der Waals surface area contributed by atoms with Gasteiger partial charge in [0, 0.05) is 5.69 Å². The largest absolute Gasteiger partial charge is 0.336 e. The molecule has 0 fully saturated rings. The molecule has 0 saturated carbocycles. The molecule has 0 spiro atoms. The summed E-state index contributed by atoms with van der Waals surface area (Å²) in [7, 11) is -4.16. The maximum atomic E-state index is 13.1. The van der Waals surface area contributed by atoms with Gasteiger partial charge in [0.2, 0.25) is 0 Å². The number of carbonyl (C=O) groups excluding carboxylic acids is 1. The second-order valence-corrected chi connectivity index (χ2v) is 10.5. The molecule has 0 aliphatic heterocycles. The van der Waals surface area contributed by atoms with E-state index >= 15 is 0 Å². The van der Waals surface area contributed by atoms with Crippen molar-refractivity contribution >= 4 is 50.4 Å². The third kappa shape index (κ3) is 4.85. The first-order chi connectivity index (χ1) is 16.2. The van der Waals surface area contributed by atoms with E-state index in [0.29, 0.717) is 16.9 Å². The number of thiophene rings is 1.